The zero-order valence-corrected chi connectivity index (χ0v) is 14.2. The number of hydrogen-bond donors (Lipinski definition) is 0. The molecular weight excluding hydrogens is 298 g/mol. The lowest BCUT2D eigenvalue weighted by molar-refractivity contribution is 0.267. The zero-order valence-electron chi connectivity index (χ0n) is 13.4. The fraction of sp³-hybridized carbons (Fsp3) is 0.765. The Morgan fingerprint density at radius 3 is 3.00 bits per heavy atom. The molecule has 1 aromatic rings. The van der Waals surface area contributed by atoms with E-state index < -0.39 is 4.87 Å². The molecule has 5 heteroatoms. The van der Waals surface area contributed by atoms with Crippen LogP contribution in [0.5, 0.6) is 5.88 Å². The van der Waals surface area contributed by atoms with E-state index in [2.05, 4.69) is 21.8 Å². The third-order valence-electron chi connectivity index (χ3n) is 4.90. The molecule has 3 rings (SSSR count). The van der Waals surface area contributed by atoms with Crippen molar-refractivity contribution in [2.24, 2.45) is 5.92 Å². The van der Waals surface area contributed by atoms with E-state index in [9.17, 15) is 0 Å². The van der Waals surface area contributed by atoms with Crippen molar-refractivity contribution in [3.8, 4) is 5.88 Å². The van der Waals surface area contributed by atoms with Crippen LogP contribution < -0.4 is 4.74 Å². The molecule has 0 spiro atoms. The molecule has 2 aliphatic heterocycles. The van der Waals surface area contributed by atoms with Crippen LogP contribution in [0.25, 0.3) is 0 Å². The molecule has 2 aliphatic rings. The molecule has 0 N–H and O–H groups in total. The predicted molar refractivity (Wildman–Crippen MR) is 88.4 cm³/mol. The van der Waals surface area contributed by atoms with Crippen molar-refractivity contribution >= 4 is 11.6 Å². The molecule has 2 bridgehead atoms. The van der Waals surface area contributed by atoms with Crippen molar-refractivity contribution < 1.29 is 4.74 Å². The van der Waals surface area contributed by atoms with Gasteiger partial charge in [-0.25, -0.2) is 4.98 Å². The molecule has 1 unspecified atom stereocenters. The molecule has 122 valence electrons. The number of halogens is 1. The molecule has 2 saturated heterocycles. The van der Waals surface area contributed by atoms with Gasteiger partial charge in [-0.15, -0.1) is 11.6 Å². The molecule has 0 aliphatic carbocycles. The molecular formula is C17H26ClN3O. The summed E-state index contributed by atoms with van der Waals surface area (Å²) in [5.41, 5.74) is 0.849. The Morgan fingerprint density at radius 1 is 1.32 bits per heavy atom. The third kappa shape index (κ3) is 3.23. The van der Waals surface area contributed by atoms with Crippen molar-refractivity contribution in [3.05, 3.63) is 18.1 Å². The number of ether oxygens (including phenoxy) is 1. The Kier molecular flexibility index (Phi) is 5.19. The van der Waals surface area contributed by atoms with Gasteiger partial charge in [-0.05, 0) is 31.7 Å². The lowest BCUT2D eigenvalue weighted by atomic mass is 9.88. The van der Waals surface area contributed by atoms with Crippen LogP contribution in [0, 0.1) is 5.92 Å². The highest BCUT2D eigenvalue weighted by Crippen LogP contribution is 2.48. The lowest BCUT2D eigenvalue weighted by Crippen LogP contribution is -2.30. The van der Waals surface area contributed by atoms with Crippen molar-refractivity contribution in [1.82, 2.24) is 14.9 Å². The van der Waals surface area contributed by atoms with Gasteiger partial charge in [0.25, 0.3) is 0 Å². The van der Waals surface area contributed by atoms with Crippen LogP contribution in [0.2, 0.25) is 0 Å². The second-order valence-electron chi connectivity index (χ2n) is 6.56. The lowest BCUT2D eigenvalue weighted by Gasteiger charge is -2.28. The number of hydrogen-bond acceptors (Lipinski definition) is 4. The van der Waals surface area contributed by atoms with Gasteiger partial charge in [0.2, 0.25) is 5.88 Å². The van der Waals surface area contributed by atoms with Crippen molar-refractivity contribution in [2.75, 3.05) is 26.2 Å². The first-order valence-corrected chi connectivity index (χ1v) is 8.97. The summed E-state index contributed by atoms with van der Waals surface area (Å²) in [6, 6.07) is 0. The van der Waals surface area contributed by atoms with Crippen LogP contribution in [0.3, 0.4) is 0 Å². The minimum atomic E-state index is -0.427. The maximum absolute atomic E-state index is 7.04. The highest BCUT2D eigenvalue weighted by Gasteiger charge is 2.50. The molecule has 2 fully saturated rings. The van der Waals surface area contributed by atoms with E-state index in [1.165, 1.54) is 32.1 Å². The molecule has 0 radical (unpaired) electrons. The van der Waals surface area contributed by atoms with Crippen molar-refractivity contribution in [3.63, 3.8) is 0 Å². The van der Waals surface area contributed by atoms with E-state index in [0.717, 1.165) is 31.7 Å². The van der Waals surface area contributed by atoms with Gasteiger partial charge in [-0.1, -0.05) is 26.2 Å². The van der Waals surface area contributed by atoms with E-state index in [1.807, 2.05) is 0 Å². The number of unbranched alkanes of at least 4 members (excludes halogenated alkanes) is 3. The smallest absolute Gasteiger partial charge is 0.237 e. The number of nitrogens with zero attached hydrogens (tertiary/aromatic N) is 3. The van der Waals surface area contributed by atoms with Gasteiger partial charge in [0.15, 0.2) is 0 Å². The van der Waals surface area contributed by atoms with Gasteiger partial charge in [0.1, 0.15) is 10.6 Å². The fourth-order valence-electron chi connectivity index (χ4n) is 3.71. The Bertz CT molecular complexity index is 499. The number of piperidine rings is 1. The monoisotopic (exact) mass is 323 g/mol. The second-order valence-corrected chi connectivity index (χ2v) is 7.23. The largest absolute Gasteiger partial charge is 0.476 e. The van der Waals surface area contributed by atoms with Crippen LogP contribution in [-0.4, -0.2) is 41.1 Å². The van der Waals surface area contributed by atoms with Gasteiger partial charge in [0.05, 0.1) is 6.61 Å². The molecule has 3 atom stereocenters. The number of rotatable bonds is 7. The average molecular weight is 324 g/mol. The first kappa shape index (κ1) is 16.0. The Hall–Kier alpha value is -0.870. The summed E-state index contributed by atoms with van der Waals surface area (Å²) in [6.07, 6.45) is 10.6. The van der Waals surface area contributed by atoms with Crippen LogP contribution in [-0.2, 0) is 4.87 Å². The summed E-state index contributed by atoms with van der Waals surface area (Å²) in [5, 5.41) is 0. The molecule has 22 heavy (non-hydrogen) atoms. The highest BCUT2D eigenvalue weighted by atomic mass is 35.5. The first-order valence-electron chi connectivity index (χ1n) is 8.59. The number of aromatic nitrogens is 2. The highest BCUT2D eigenvalue weighted by molar-refractivity contribution is 6.24. The molecule has 0 amide bonds. The predicted octanol–water partition coefficient (Wildman–Crippen LogP) is 3.60. The molecule has 0 saturated carbocycles. The summed E-state index contributed by atoms with van der Waals surface area (Å²) in [6.45, 7) is 6.01. The van der Waals surface area contributed by atoms with Crippen LogP contribution in [0.15, 0.2) is 12.4 Å². The minimum Gasteiger partial charge on any atom is -0.476 e. The van der Waals surface area contributed by atoms with Gasteiger partial charge in [-0.3, -0.25) is 4.98 Å². The van der Waals surface area contributed by atoms with Crippen LogP contribution >= 0.6 is 11.6 Å². The van der Waals surface area contributed by atoms with E-state index >= 15 is 0 Å². The Labute approximate surface area is 138 Å². The van der Waals surface area contributed by atoms with E-state index in [4.69, 9.17) is 16.3 Å². The zero-order chi connectivity index (χ0) is 15.4. The summed E-state index contributed by atoms with van der Waals surface area (Å²) < 4.78 is 5.93. The summed E-state index contributed by atoms with van der Waals surface area (Å²) in [4.78, 5) is 11.0. The topological polar surface area (TPSA) is 38.3 Å². The van der Waals surface area contributed by atoms with Gasteiger partial charge in [-0.2, -0.15) is 0 Å². The third-order valence-corrected chi connectivity index (χ3v) is 5.51. The molecule has 1 aromatic heterocycles. The van der Waals surface area contributed by atoms with E-state index in [0.29, 0.717) is 18.4 Å². The SMILES string of the molecule is CCCCCCOc1nccnc1[C@]1(Cl)CN2CCC[C@H]1C2. The standard InChI is InChI=1S/C17H26ClN3O/c1-2-3-4-5-11-22-16-15(19-8-9-20-16)17(18)13-21-10-6-7-14(17)12-21/h8-9,14H,2-7,10-13H2,1H3/t14-,17-/m0/s1. The molecule has 3 heterocycles. The molecule has 0 aromatic carbocycles. The van der Waals surface area contributed by atoms with Gasteiger partial charge >= 0.3 is 0 Å². The van der Waals surface area contributed by atoms with E-state index in [-0.39, 0.29) is 0 Å². The summed E-state index contributed by atoms with van der Waals surface area (Å²) >= 11 is 7.04. The normalized spacial score (nSPS) is 30.5. The van der Waals surface area contributed by atoms with Crippen molar-refractivity contribution in [1.29, 1.82) is 0 Å². The van der Waals surface area contributed by atoms with Crippen molar-refractivity contribution in [2.45, 2.75) is 50.3 Å². The van der Waals surface area contributed by atoms with Gasteiger partial charge in [0, 0.05) is 25.5 Å². The average Bonchev–Trinajstić information content (AvgIpc) is 2.77. The van der Waals surface area contributed by atoms with Crippen LogP contribution in [0.1, 0.15) is 51.1 Å². The first-order chi connectivity index (χ1) is 10.7. The fourth-order valence-corrected chi connectivity index (χ4v) is 4.19. The maximum Gasteiger partial charge on any atom is 0.237 e. The summed E-state index contributed by atoms with van der Waals surface area (Å²) in [7, 11) is 0. The Morgan fingerprint density at radius 2 is 2.18 bits per heavy atom. The number of alkyl halides is 1. The van der Waals surface area contributed by atoms with Crippen LogP contribution in [0.4, 0.5) is 0 Å². The van der Waals surface area contributed by atoms with E-state index in [1.54, 1.807) is 12.4 Å². The van der Waals surface area contributed by atoms with Gasteiger partial charge < -0.3 is 9.64 Å². The second kappa shape index (κ2) is 7.14. The maximum atomic E-state index is 7.04. The number of fused-ring (bicyclic) bond motifs is 2. The quantitative estimate of drug-likeness (QED) is 0.567. The molecule has 4 nitrogen and oxygen atoms in total. The minimum absolute atomic E-state index is 0.427. The Balaban J connectivity index is 1.71. The summed E-state index contributed by atoms with van der Waals surface area (Å²) in [5.74, 6) is 1.10.